The number of benzene rings is 4. The summed E-state index contributed by atoms with van der Waals surface area (Å²) in [5, 5.41) is 4.77. The molecule has 3 aliphatic rings. The first-order valence-corrected chi connectivity index (χ1v) is 12.5. The number of hydrogen-bond donors (Lipinski definition) is 0. The zero-order valence-electron chi connectivity index (χ0n) is 20.8. The van der Waals surface area contributed by atoms with Crippen molar-refractivity contribution in [3.63, 3.8) is 0 Å². The number of nitrogens with zero attached hydrogens (tertiary/aromatic N) is 3. The third kappa shape index (κ3) is 3.64. The van der Waals surface area contributed by atoms with Crippen LogP contribution in [0.4, 0.5) is 5.69 Å². The predicted molar refractivity (Wildman–Crippen MR) is 149 cm³/mol. The van der Waals surface area contributed by atoms with Crippen molar-refractivity contribution in [1.29, 1.82) is 0 Å². The van der Waals surface area contributed by atoms with Crippen LogP contribution in [0.15, 0.2) is 122 Å². The van der Waals surface area contributed by atoms with Gasteiger partial charge in [-0.1, -0.05) is 61.5 Å². The fraction of sp³-hybridized carbons (Fsp3) is 0.0882. The Kier molecular flexibility index (Phi) is 6.23. The minimum Gasteiger partial charge on any atom is -0.668 e. The summed E-state index contributed by atoms with van der Waals surface area (Å²) >= 11 is 0. The van der Waals surface area contributed by atoms with E-state index < -0.39 is 0 Å². The van der Waals surface area contributed by atoms with Gasteiger partial charge in [-0.25, -0.2) is 0 Å². The van der Waals surface area contributed by atoms with Crippen LogP contribution in [-0.2, 0) is 25.5 Å². The molecule has 8 rings (SSSR count). The maximum atomic E-state index is 4.77. The van der Waals surface area contributed by atoms with Crippen LogP contribution in [-0.4, -0.2) is 4.98 Å². The zero-order valence-corrected chi connectivity index (χ0v) is 23.2. The average Bonchev–Trinajstić information content (AvgIpc) is 3.55. The smallest absolute Gasteiger partial charge is 0.668 e. The standard InChI is InChI=1S/C23H16N2.C11H8N.Ir/c1-23-18-10-3-2-7-15(18)16-8-6-9-17(21(16)23)22-24-13-14-25(22)20-12-5-4-11-19(20)23;1-2-6-10(7-3-1)11-8-4-5-9-12-11;/h2-8,10-14,22H,1H3;1-6,8-9H;/q-2;-1;+3. The molecule has 3 nitrogen and oxygen atoms in total. The molecular weight excluding hydrogens is 643 g/mol. The third-order valence-corrected chi connectivity index (χ3v) is 7.63. The molecule has 4 aromatic carbocycles. The Labute approximate surface area is 237 Å². The van der Waals surface area contributed by atoms with E-state index in [1.54, 1.807) is 6.20 Å². The Bertz CT molecular complexity index is 1590. The average molecular weight is 667 g/mol. The SMILES string of the molecule is CC12c3ccccc3-c3cc[c-]c(c31)C1[N-]C=CN1c1ccccc12.[Ir+3].[c-]1ccccc1-c1ccccn1. The number of anilines is 1. The molecule has 0 radical (unpaired) electrons. The third-order valence-electron chi connectivity index (χ3n) is 7.63. The predicted octanol–water partition coefficient (Wildman–Crippen LogP) is 8.04. The molecular formula is C34H24IrN3. The van der Waals surface area contributed by atoms with Crippen molar-refractivity contribution < 1.29 is 20.1 Å². The summed E-state index contributed by atoms with van der Waals surface area (Å²) in [4.78, 5) is 6.50. The van der Waals surface area contributed by atoms with E-state index in [1.807, 2.05) is 48.7 Å². The Morgan fingerprint density at radius 1 is 0.789 bits per heavy atom. The Balaban J connectivity index is 0.000000172. The van der Waals surface area contributed by atoms with E-state index in [9.17, 15) is 0 Å². The van der Waals surface area contributed by atoms with E-state index in [4.69, 9.17) is 5.32 Å². The van der Waals surface area contributed by atoms with Gasteiger partial charge in [-0.3, -0.25) is 0 Å². The minimum absolute atomic E-state index is 0. The Morgan fingerprint density at radius 3 is 2.39 bits per heavy atom. The molecule has 184 valence electrons. The van der Waals surface area contributed by atoms with Crippen molar-refractivity contribution >= 4 is 5.69 Å². The van der Waals surface area contributed by atoms with Gasteiger partial charge in [-0.15, -0.1) is 47.0 Å². The number of hydrogen-bond acceptors (Lipinski definition) is 2. The molecule has 0 N–H and O–H groups in total. The van der Waals surface area contributed by atoms with Gasteiger partial charge in [0.15, 0.2) is 0 Å². The Morgan fingerprint density at radius 2 is 1.58 bits per heavy atom. The molecule has 0 fully saturated rings. The summed E-state index contributed by atoms with van der Waals surface area (Å²) in [5.41, 5.74) is 11.0. The molecule has 0 amide bonds. The molecule has 2 unspecified atom stereocenters. The van der Waals surface area contributed by atoms with Gasteiger partial charge in [0, 0.05) is 17.3 Å². The van der Waals surface area contributed by atoms with Gasteiger partial charge in [-0.2, -0.15) is 30.0 Å². The number of fused-ring (bicyclic) bond motifs is 8. The summed E-state index contributed by atoms with van der Waals surface area (Å²) in [5.74, 6) is 0. The van der Waals surface area contributed by atoms with Crippen molar-refractivity contribution in [1.82, 2.24) is 4.98 Å². The van der Waals surface area contributed by atoms with Crippen molar-refractivity contribution in [3.05, 3.63) is 161 Å². The van der Waals surface area contributed by atoms with E-state index in [1.165, 1.54) is 39.1 Å². The quantitative estimate of drug-likeness (QED) is 0.170. The maximum Gasteiger partial charge on any atom is 3.00 e. The molecule has 0 saturated carbocycles. The largest absolute Gasteiger partial charge is 3.00 e. The number of rotatable bonds is 1. The van der Waals surface area contributed by atoms with Crippen LogP contribution in [0, 0.1) is 12.1 Å². The molecule has 1 aliphatic carbocycles. The van der Waals surface area contributed by atoms with Gasteiger partial charge in [0.1, 0.15) is 0 Å². The molecule has 0 spiro atoms. The molecule has 38 heavy (non-hydrogen) atoms. The Hall–Kier alpha value is -3.98. The maximum absolute atomic E-state index is 4.77. The summed E-state index contributed by atoms with van der Waals surface area (Å²) in [6, 6.07) is 42.2. The van der Waals surface area contributed by atoms with Gasteiger partial charge >= 0.3 is 20.1 Å². The van der Waals surface area contributed by atoms with E-state index in [2.05, 4.69) is 95.8 Å². The first kappa shape index (κ1) is 24.4. The van der Waals surface area contributed by atoms with E-state index >= 15 is 0 Å². The van der Waals surface area contributed by atoms with Gasteiger partial charge in [0.25, 0.3) is 0 Å². The monoisotopic (exact) mass is 667 g/mol. The second-order valence-corrected chi connectivity index (χ2v) is 9.59. The van der Waals surface area contributed by atoms with Gasteiger partial charge in [-0.05, 0) is 46.9 Å². The minimum atomic E-state index is -0.177. The van der Waals surface area contributed by atoms with Crippen LogP contribution in [0.5, 0.6) is 0 Å². The molecule has 0 saturated heterocycles. The first-order chi connectivity index (χ1) is 18.3. The number of pyridine rings is 1. The van der Waals surface area contributed by atoms with Crippen LogP contribution in [0.1, 0.15) is 35.3 Å². The van der Waals surface area contributed by atoms with Crippen LogP contribution < -0.4 is 4.90 Å². The second-order valence-electron chi connectivity index (χ2n) is 9.59. The topological polar surface area (TPSA) is 30.2 Å². The van der Waals surface area contributed by atoms with Crippen molar-refractivity contribution in [2.24, 2.45) is 0 Å². The summed E-state index contributed by atoms with van der Waals surface area (Å²) in [6.07, 6.45) is 5.77. The van der Waals surface area contributed by atoms with E-state index in [0.717, 1.165) is 11.3 Å². The normalized spacial score (nSPS) is 18.9. The molecule has 5 aromatic rings. The first-order valence-electron chi connectivity index (χ1n) is 12.5. The van der Waals surface area contributed by atoms with Crippen molar-refractivity contribution in [3.8, 4) is 22.4 Å². The fourth-order valence-electron chi connectivity index (χ4n) is 6.02. The van der Waals surface area contributed by atoms with Crippen molar-refractivity contribution in [2.75, 3.05) is 4.90 Å². The molecule has 2 atom stereocenters. The van der Waals surface area contributed by atoms with Gasteiger partial charge in [0.05, 0.1) is 0 Å². The van der Waals surface area contributed by atoms with Crippen molar-refractivity contribution in [2.45, 2.75) is 18.5 Å². The zero-order chi connectivity index (χ0) is 24.8. The summed E-state index contributed by atoms with van der Waals surface area (Å²) < 4.78 is 0. The van der Waals surface area contributed by atoms with Gasteiger partial charge < -0.3 is 15.2 Å². The van der Waals surface area contributed by atoms with E-state index in [-0.39, 0.29) is 31.7 Å². The van der Waals surface area contributed by atoms with Crippen LogP contribution in [0.25, 0.3) is 27.7 Å². The molecule has 0 bridgehead atoms. The summed E-state index contributed by atoms with van der Waals surface area (Å²) in [6.45, 7) is 2.36. The van der Waals surface area contributed by atoms with Crippen LogP contribution in [0.2, 0.25) is 0 Å². The summed E-state index contributed by atoms with van der Waals surface area (Å²) in [7, 11) is 0. The second kappa shape index (κ2) is 9.72. The van der Waals surface area contributed by atoms with Gasteiger partial charge in [0.2, 0.25) is 0 Å². The number of para-hydroxylation sites is 1. The molecule has 1 aromatic heterocycles. The molecule has 4 heteroatoms. The van der Waals surface area contributed by atoms with E-state index in [0.29, 0.717) is 0 Å². The molecule has 3 heterocycles. The molecule has 2 aliphatic heterocycles. The number of aromatic nitrogens is 1. The van der Waals surface area contributed by atoms with Crippen LogP contribution in [0.3, 0.4) is 0 Å². The van der Waals surface area contributed by atoms with Crippen LogP contribution >= 0.6 is 0 Å². The fourth-order valence-corrected chi connectivity index (χ4v) is 6.02.